The van der Waals surface area contributed by atoms with Crippen LogP contribution in [0, 0.1) is 17.8 Å². The minimum atomic E-state index is -0.161. The molecule has 0 unspecified atom stereocenters. The van der Waals surface area contributed by atoms with Crippen molar-refractivity contribution < 1.29 is 19.1 Å². The SMILES string of the molecule is COc1ccc(CN(C(=O)COC(=O)[C@@H]2C[C@H]3CC[C@H]2C3)C2CC2)cc1. The largest absolute Gasteiger partial charge is 0.497 e. The fourth-order valence-electron chi connectivity index (χ4n) is 4.59. The van der Waals surface area contributed by atoms with Crippen LogP contribution >= 0.6 is 0 Å². The molecule has 1 aromatic carbocycles. The van der Waals surface area contributed by atoms with E-state index in [1.54, 1.807) is 7.11 Å². The molecule has 5 heteroatoms. The lowest BCUT2D eigenvalue weighted by Crippen LogP contribution is -2.37. The second-order valence-corrected chi connectivity index (χ2v) is 7.99. The van der Waals surface area contributed by atoms with Crippen LogP contribution < -0.4 is 4.74 Å². The Bertz CT molecular complexity index is 667. The summed E-state index contributed by atoms with van der Waals surface area (Å²) in [6.45, 7) is 0.429. The van der Waals surface area contributed by atoms with E-state index in [9.17, 15) is 9.59 Å². The number of methoxy groups -OCH3 is 1. The van der Waals surface area contributed by atoms with Crippen LogP contribution in [0.3, 0.4) is 0 Å². The first kappa shape index (κ1) is 17.4. The normalized spacial score (nSPS) is 26.6. The number of carbonyl (C=O) groups is 2. The van der Waals surface area contributed by atoms with Gasteiger partial charge in [-0.25, -0.2) is 0 Å². The van der Waals surface area contributed by atoms with E-state index < -0.39 is 0 Å². The molecular weight excluding hydrogens is 330 g/mol. The van der Waals surface area contributed by atoms with Gasteiger partial charge in [-0.3, -0.25) is 9.59 Å². The van der Waals surface area contributed by atoms with Gasteiger partial charge in [-0.1, -0.05) is 18.6 Å². The Morgan fingerprint density at radius 2 is 1.85 bits per heavy atom. The first-order valence-corrected chi connectivity index (χ1v) is 9.73. The Morgan fingerprint density at radius 3 is 2.42 bits per heavy atom. The van der Waals surface area contributed by atoms with E-state index in [4.69, 9.17) is 9.47 Å². The summed E-state index contributed by atoms with van der Waals surface area (Å²) in [6.07, 6.45) is 6.58. The molecule has 0 N–H and O–H groups in total. The Morgan fingerprint density at radius 1 is 1.08 bits per heavy atom. The predicted molar refractivity (Wildman–Crippen MR) is 96.5 cm³/mol. The number of benzene rings is 1. The van der Waals surface area contributed by atoms with Gasteiger partial charge in [-0.15, -0.1) is 0 Å². The maximum absolute atomic E-state index is 12.7. The van der Waals surface area contributed by atoms with E-state index in [0.717, 1.165) is 37.0 Å². The number of hydrogen-bond donors (Lipinski definition) is 0. The minimum absolute atomic E-state index is 0.0255. The van der Waals surface area contributed by atoms with Gasteiger partial charge in [0.2, 0.25) is 0 Å². The second kappa shape index (κ2) is 7.29. The summed E-state index contributed by atoms with van der Waals surface area (Å²) in [7, 11) is 1.64. The first-order chi connectivity index (χ1) is 12.6. The minimum Gasteiger partial charge on any atom is -0.497 e. The molecule has 0 spiro atoms. The summed E-state index contributed by atoms with van der Waals surface area (Å²) in [6, 6.07) is 8.04. The fraction of sp³-hybridized carbons (Fsp3) is 0.619. The average molecular weight is 357 g/mol. The Hall–Kier alpha value is -2.04. The van der Waals surface area contributed by atoms with Crippen molar-refractivity contribution in [2.75, 3.05) is 13.7 Å². The van der Waals surface area contributed by atoms with Crippen molar-refractivity contribution in [2.24, 2.45) is 17.8 Å². The number of hydrogen-bond acceptors (Lipinski definition) is 4. The molecule has 4 rings (SSSR count). The predicted octanol–water partition coefficient (Wildman–Crippen LogP) is 3.17. The smallest absolute Gasteiger partial charge is 0.309 e. The van der Waals surface area contributed by atoms with Crippen LogP contribution in [0.5, 0.6) is 5.75 Å². The lowest BCUT2D eigenvalue weighted by molar-refractivity contribution is -0.157. The Labute approximate surface area is 154 Å². The quantitative estimate of drug-likeness (QED) is 0.704. The van der Waals surface area contributed by atoms with Gasteiger partial charge in [0.1, 0.15) is 5.75 Å². The van der Waals surface area contributed by atoms with Gasteiger partial charge in [-0.2, -0.15) is 0 Å². The lowest BCUT2D eigenvalue weighted by Gasteiger charge is -2.24. The Kier molecular flexibility index (Phi) is 4.88. The molecule has 3 aliphatic rings. The standard InChI is InChI=1S/C21H27NO4/c1-25-18-8-3-14(4-9-18)12-22(17-6-7-17)20(23)13-26-21(24)19-11-15-2-5-16(19)10-15/h3-4,8-9,15-17,19H,2,5-7,10-13H2,1H3/t15-,16-,19+/m0/s1. The van der Waals surface area contributed by atoms with Crippen molar-refractivity contribution in [3.63, 3.8) is 0 Å². The van der Waals surface area contributed by atoms with Gasteiger partial charge in [0.05, 0.1) is 13.0 Å². The molecule has 3 fully saturated rings. The zero-order valence-corrected chi connectivity index (χ0v) is 15.4. The van der Waals surface area contributed by atoms with Crippen LogP contribution in [0.15, 0.2) is 24.3 Å². The molecular formula is C21H27NO4. The number of esters is 1. The third-order valence-corrected chi connectivity index (χ3v) is 6.20. The highest BCUT2D eigenvalue weighted by Crippen LogP contribution is 2.48. The van der Waals surface area contributed by atoms with Crippen LogP contribution in [0.4, 0.5) is 0 Å². The van der Waals surface area contributed by atoms with E-state index in [0.29, 0.717) is 18.4 Å². The summed E-state index contributed by atoms with van der Waals surface area (Å²) in [5.74, 6) is 1.77. The van der Waals surface area contributed by atoms with E-state index in [-0.39, 0.29) is 30.4 Å². The van der Waals surface area contributed by atoms with Gasteiger partial charge < -0.3 is 14.4 Å². The highest BCUT2D eigenvalue weighted by atomic mass is 16.5. The molecule has 2 bridgehead atoms. The number of fused-ring (bicyclic) bond motifs is 2. The maximum Gasteiger partial charge on any atom is 0.309 e. The van der Waals surface area contributed by atoms with Gasteiger partial charge >= 0.3 is 5.97 Å². The van der Waals surface area contributed by atoms with Gasteiger partial charge in [0.25, 0.3) is 5.91 Å². The van der Waals surface area contributed by atoms with E-state index >= 15 is 0 Å². The van der Waals surface area contributed by atoms with Crippen molar-refractivity contribution in [2.45, 2.75) is 51.1 Å². The molecule has 5 nitrogen and oxygen atoms in total. The van der Waals surface area contributed by atoms with Crippen molar-refractivity contribution >= 4 is 11.9 Å². The molecule has 26 heavy (non-hydrogen) atoms. The van der Waals surface area contributed by atoms with Gasteiger partial charge in [-0.05, 0) is 61.6 Å². The van der Waals surface area contributed by atoms with E-state index in [1.807, 2.05) is 29.2 Å². The maximum atomic E-state index is 12.7. The average Bonchev–Trinajstić information content (AvgIpc) is 3.28. The molecule has 3 aliphatic carbocycles. The van der Waals surface area contributed by atoms with Crippen molar-refractivity contribution in [3.8, 4) is 5.75 Å². The van der Waals surface area contributed by atoms with Crippen LogP contribution in [-0.4, -0.2) is 36.5 Å². The first-order valence-electron chi connectivity index (χ1n) is 9.73. The van der Waals surface area contributed by atoms with Crippen LogP contribution in [0.1, 0.15) is 44.1 Å². The summed E-state index contributed by atoms with van der Waals surface area (Å²) in [5, 5.41) is 0. The van der Waals surface area contributed by atoms with Crippen molar-refractivity contribution in [1.29, 1.82) is 0 Å². The molecule has 140 valence electrons. The summed E-state index contributed by atoms with van der Waals surface area (Å²) in [5.41, 5.74) is 1.06. The van der Waals surface area contributed by atoms with E-state index in [1.165, 1.54) is 12.8 Å². The summed E-state index contributed by atoms with van der Waals surface area (Å²) < 4.78 is 10.6. The zero-order valence-electron chi connectivity index (χ0n) is 15.4. The lowest BCUT2D eigenvalue weighted by atomic mass is 9.89. The van der Waals surface area contributed by atoms with Gasteiger partial charge in [0.15, 0.2) is 6.61 Å². The monoisotopic (exact) mass is 357 g/mol. The summed E-state index contributed by atoms with van der Waals surface area (Å²) in [4.78, 5) is 26.9. The molecule has 0 aliphatic heterocycles. The fourth-order valence-corrected chi connectivity index (χ4v) is 4.59. The van der Waals surface area contributed by atoms with Crippen LogP contribution in [0.25, 0.3) is 0 Å². The van der Waals surface area contributed by atoms with Crippen molar-refractivity contribution in [3.05, 3.63) is 29.8 Å². The molecule has 0 heterocycles. The highest BCUT2D eigenvalue weighted by molar-refractivity contribution is 5.82. The van der Waals surface area contributed by atoms with Crippen molar-refractivity contribution in [1.82, 2.24) is 4.90 Å². The zero-order chi connectivity index (χ0) is 18.1. The van der Waals surface area contributed by atoms with Crippen LogP contribution in [-0.2, 0) is 20.9 Å². The topological polar surface area (TPSA) is 55.8 Å². The number of rotatable bonds is 7. The third-order valence-electron chi connectivity index (χ3n) is 6.20. The highest BCUT2D eigenvalue weighted by Gasteiger charge is 2.44. The molecule has 1 amide bonds. The molecule has 3 saturated carbocycles. The molecule has 0 aromatic heterocycles. The molecule has 3 atom stereocenters. The molecule has 1 aromatic rings. The summed E-state index contributed by atoms with van der Waals surface area (Å²) >= 11 is 0. The van der Waals surface area contributed by atoms with Gasteiger partial charge in [0, 0.05) is 12.6 Å². The number of amides is 1. The number of nitrogens with zero attached hydrogens (tertiary/aromatic N) is 1. The second-order valence-electron chi connectivity index (χ2n) is 7.99. The van der Waals surface area contributed by atoms with E-state index in [2.05, 4.69) is 0 Å². The number of ether oxygens (including phenoxy) is 2. The third kappa shape index (κ3) is 3.71. The van der Waals surface area contributed by atoms with Crippen LogP contribution in [0.2, 0.25) is 0 Å². The Balaban J connectivity index is 1.31. The molecule has 0 saturated heterocycles. The molecule has 0 radical (unpaired) electrons. The number of carbonyl (C=O) groups excluding carboxylic acids is 2.